The van der Waals surface area contributed by atoms with Gasteiger partial charge in [0.05, 0.1) is 10.2 Å². The second-order valence-electron chi connectivity index (χ2n) is 5.06. The van der Waals surface area contributed by atoms with Crippen molar-refractivity contribution in [3.8, 4) is 0 Å². The third kappa shape index (κ3) is 4.04. The molecule has 2 aromatic heterocycles. The van der Waals surface area contributed by atoms with Crippen LogP contribution in [0.25, 0.3) is 10.2 Å². The number of pyridine rings is 1. The van der Waals surface area contributed by atoms with Crippen molar-refractivity contribution in [1.82, 2.24) is 20.6 Å². The average Bonchev–Trinajstić information content (AvgIpc) is 3.09. The Balaban J connectivity index is 1.49. The van der Waals surface area contributed by atoms with Gasteiger partial charge in [-0.05, 0) is 24.3 Å². The van der Waals surface area contributed by atoms with Crippen molar-refractivity contribution in [2.45, 2.75) is 0 Å². The molecular weight excluding hydrogens is 340 g/mol. The Hall–Kier alpha value is -3.13. The van der Waals surface area contributed by atoms with E-state index in [-0.39, 0.29) is 24.0 Å². The summed E-state index contributed by atoms with van der Waals surface area (Å²) in [5.74, 6) is -1.69. The Morgan fingerprint density at radius 2 is 1.68 bits per heavy atom. The molecule has 0 spiro atoms. The maximum Gasteiger partial charge on any atom is 0.295 e. The Kier molecular flexibility index (Phi) is 5.10. The number of amides is 2. The van der Waals surface area contributed by atoms with E-state index in [4.69, 9.17) is 0 Å². The lowest BCUT2D eigenvalue weighted by molar-refractivity contribution is -0.116. The van der Waals surface area contributed by atoms with Gasteiger partial charge >= 0.3 is 0 Å². The average molecular weight is 354 g/mol. The Morgan fingerprint density at radius 1 is 0.960 bits per heavy atom. The highest BCUT2D eigenvalue weighted by molar-refractivity contribution is 7.20. The number of carbonyl (C=O) groups is 3. The molecule has 2 N–H and O–H groups in total. The first-order valence-electron chi connectivity index (χ1n) is 7.51. The smallest absolute Gasteiger partial charge is 0.295 e. The molecule has 0 aliphatic carbocycles. The summed E-state index contributed by atoms with van der Waals surface area (Å²) in [5, 5.41) is 5.28. The Morgan fingerprint density at radius 3 is 2.44 bits per heavy atom. The lowest BCUT2D eigenvalue weighted by Gasteiger charge is -2.06. The Bertz CT molecular complexity index is 891. The molecule has 0 radical (unpaired) electrons. The minimum atomic E-state index is -0.739. The predicted octanol–water partition coefficient (Wildman–Crippen LogP) is 1.42. The van der Waals surface area contributed by atoms with Crippen molar-refractivity contribution in [2.75, 3.05) is 13.1 Å². The summed E-state index contributed by atoms with van der Waals surface area (Å²) in [6, 6.07) is 10.5. The fourth-order valence-corrected chi connectivity index (χ4v) is 3.01. The zero-order valence-electron chi connectivity index (χ0n) is 13.1. The normalized spacial score (nSPS) is 10.4. The second kappa shape index (κ2) is 7.63. The highest BCUT2D eigenvalue weighted by Crippen LogP contribution is 2.21. The van der Waals surface area contributed by atoms with E-state index in [1.807, 2.05) is 18.2 Å². The van der Waals surface area contributed by atoms with Crippen molar-refractivity contribution < 1.29 is 14.4 Å². The quantitative estimate of drug-likeness (QED) is 0.396. The zero-order valence-corrected chi connectivity index (χ0v) is 13.9. The van der Waals surface area contributed by atoms with E-state index in [9.17, 15) is 14.4 Å². The Labute approximate surface area is 147 Å². The molecule has 2 heterocycles. The first kappa shape index (κ1) is 16.7. The number of para-hydroxylation sites is 1. The van der Waals surface area contributed by atoms with E-state index in [0.29, 0.717) is 11.1 Å². The van der Waals surface area contributed by atoms with Crippen LogP contribution in [0.4, 0.5) is 0 Å². The first-order chi connectivity index (χ1) is 12.1. The molecule has 0 bridgehead atoms. The van der Waals surface area contributed by atoms with Crippen LogP contribution < -0.4 is 10.6 Å². The van der Waals surface area contributed by atoms with Crippen LogP contribution in [0.3, 0.4) is 0 Å². The number of nitrogens with one attached hydrogen (secondary N) is 2. The number of ketones is 1. The summed E-state index contributed by atoms with van der Waals surface area (Å²) in [6.45, 7) is 0.353. The van der Waals surface area contributed by atoms with Gasteiger partial charge in [0, 0.05) is 31.0 Å². The van der Waals surface area contributed by atoms with Crippen LogP contribution in [0.1, 0.15) is 20.2 Å². The van der Waals surface area contributed by atoms with Crippen molar-refractivity contribution >= 4 is 39.2 Å². The number of nitrogens with zero attached hydrogens (tertiary/aromatic N) is 2. The molecule has 7 nitrogen and oxygen atoms in total. The monoisotopic (exact) mass is 354 g/mol. The minimum absolute atomic E-state index is 0.145. The molecule has 1 aromatic carbocycles. The van der Waals surface area contributed by atoms with Gasteiger partial charge in [-0.15, -0.1) is 11.3 Å². The molecule has 2 amide bonds. The number of hydrogen-bond donors (Lipinski definition) is 2. The molecular formula is C17H14N4O3S. The fourth-order valence-electron chi connectivity index (χ4n) is 2.10. The molecule has 8 heteroatoms. The van der Waals surface area contributed by atoms with E-state index in [2.05, 4.69) is 20.6 Å². The molecule has 3 rings (SSSR count). The van der Waals surface area contributed by atoms with E-state index in [1.54, 1.807) is 18.2 Å². The highest BCUT2D eigenvalue weighted by Gasteiger charge is 2.20. The molecule has 3 aromatic rings. The first-order valence-corrected chi connectivity index (χ1v) is 8.33. The maximum atomic E-state index is 12.1. The number of benzene rings is 1. The second-order valence-corrected chi connectivity index (χ2v) is 6.09. The topological polar surface area (TPSA) is 101 Å². The van der Waals surface area contributed by atoms with Crippen molar-refractivity contribution in [3.05, 3.63) is 59.4 Å². The third-order valence-corrected chi connectivity index (χ3v) is 4.37. The summed E-state index contributed by atoms with van der Waals surface area (Å²) in [5.41, 5.74) is 1.17. The SMILES string of the molecule is O=C(NCCNC(=O)c1ccncc1)C(=O)c1nc2ccccc2s1. The molecule has 0 unspecified atom stereocenters. The molecule has 0 aliphatic heterocycles. The third-order valence-electron chi connectivity index (χ3n) is 3.33. The highest BCUT2D eigenvalue weighted by atomic mass is 32.1. The molecule has 126 valence electrons. The van der Waals surface area contributed by atoms with Gasteiger partial charge in [-0.3, -0.25) is 19.4 Å². The van der Waals surface area contributed by atoms with Crippen molar-refractivity contribution in [3.63, 3.8) is 0 Å². The number of thiazole rings is 1. The fraction of sp³-hybridized carbons (Fsp3) is 0.118. The van der Waals surface area contributed by atoms with Crippen LogP contribution in [-0.2, 0) is 4.79 Å². The van der Waals surface area contributed by atoms with E-state index < -0.39 is 11.7 Å². The number of rotatable bonds is 6. The van der Waals surface area contributed by atoms with Crippen LogP contribution >= 0.6 is 11.3 Å². The van der Waals surface area contributed by atoms with Crippen LogP contribution in [0, 0.1) is 0 Å². The molecule has 0 fully saturated rings. The van der Waals surface area contributed by atoms with Gasteiger partial charge in [-0.2, -0.15) is 0 Å². The van der Waals surface area contributed by atoms with Crippen LogP contribution in [0.15, 0.2) is 48.8 Å². The van der Waals surface area contributed by atoms with Crippen molar-refractivity contribution in [1.29, 1.82) is 0 Å². The standard InChI is InChI=1S/C17H14N4O3S/c22-14(17-21-12-3-1-2-4-13(12)25-17)16(24)20-10-9-19-15(23)11-5-7-18-8-6-11/h1-8H,9-10H2,(H,19,23)(H,20,24). The lowest BCUT2D eigenvalue weighted by Crippen LogP contribution is -2.37. The number of aromatic nitrogens is 2. The van der Waals surface area contributed by atoms with E-state index in [0.717, 1.165) is 4.70 Å². The molecule has 0 saturated heterocycles. The summed E-state index contributed by atoms with van der Waals surface area (Å²) < 4.78 is 0.850. The summed E-state index contributed by atoms with van der Waals surface area (Å²) in [4.78, 5) is 43.8. The summed E-state index contributed by atoms with van der Waals surface area (Å²) >= 11 is 1.18. The number of fused-ring (bicyclic) bond motifs is 1. The summed E-state index contributed by atoms with van der Waals surface area (Å²) in [7, 11) is 0. The molecule has 0 aliphatic rings. The van der Waals surface area contributed by atoms with Gasteiger partial charge in [0.1, 0.15) is 0 Å². The lowest BCUT2D eigenvalue weighted by atomic mass is 10.2. The van der Waals surface area contributed by atoms with Gasteiger partial charge in [0.25, 0.3) is 17.6 Å². The predicted molar refractivity (Wildman–Crippen MR) is 93.5 cm³/mol. The van der Waals surface area contributed by atoms with Gasteiger partial charge in [-0.1, -0.05) is 12.1 Å². The zero-order chi connectivity index (χ0) is 17.6. The largest absolute Gasteiger partial charge is 0.350 e. The van der Waals surface area contributed by atoms with E-state index >= 15 is 0 Å². The van der Waals surface area contributed by atoms with Gasteiger partial charge in [0.2, 0.25) is 0 Å². The van der Waals surface area contributed by atoms with Gasteiger partial charge in [0.15, 0.2) is 5.01 Å². The van der Waals surface area contributed by atoms with Gasteiger partial charge < -0.3 is 10.6 Å². The van der Waals surface area contributed by atoms with Crippen molar-refractivity contribution in [2.24, 2.45) is 0 Å². The number of carbonyl (C=O) groups excluding carboxylic acids is 3. The molecule has 0 atom stereocenters. The van der Waals surface area contributed by atoms with Gasteiger partial charge in [-0.25, -0.2) is 4.98 Å². The maximum absolute atomic E-state index is 12.1. The van der Waals surface area contributed by atoms with E-state index in [1.165, 1.54) is 23.7 Å². The number of hydrogen-bond acceptors (Lipinski definition) is 6. The van der Waals surface area contributed by atoms with Crippen LogP contribution in [-0.4, -0.2) is 40.7 Å². The minimum Gasteiger partial charge on any atom is -0.350 e. The summed E-state index contributed by atoms with van der Waals surface area (Å²) in [6.07, 6.45) is 3.04. The van der Waals surface area contributed by atoms with Crippen LogP contribution in [0.2, 0.25) is 0 Å². The molecule has 25 heavy (non-hydrogen) atoms. The molecule has 0 saturated carbocycles. The number of Topliss-reactive ketones (excluding diaryl/α,β-unsaturated/α-hetero) is 1. The van der Waals surface area contributed by atoms with Crippen LogP contribution in [0.5, 0.6) is 0 Å².